The van der Waals surface area contributed by atoms with Crippen molar-refractivity contribution in [2.45, 2.75) is 12.5 Å². The molecule has 0 bridgehead atoms. The second-order valence-electron chi connectivity index (χ2n) is 5.07. The highest BCUT2D eigenvalue weighted by Crippen LogP contribution is 2.13. The Morgan fingerprint density at radius 2 is 2.24 bits per heavy atom. The summed E-state index contributed by atoms with van der Waals surface area (Å²) in [5, 5.41) is 3.46. The summed E-state index contributed by atoms with van der Waals surface area (Å²) in [5.74, 6) is 5.92. The van der Waals surface area contributed by atoms with Crippen molar-refractivity contribution in [2.75, 3.05) is 40.8 Å². The summed E-state index contributed by atoms with van der Waals surface area (Å²) in [7, 11) is 6.19. The molecule has 1 saturated heterocycles. The Hall–Kier alpha value is -1.70. The fraction of sp³-hybridized carbons (Fsp3) is 0.727. The molecular weight excluding hydrogens is 218 g/mol. The van der Waals surface area contributed by atoms with Crippen LogP contribution in [0.3, 0.4) is 0 Å². The van der Waals surface area contributed by atoms with Crippen molar-refractivity contribution in [3.8, 4) is 11.8 Å². The summed E-state index contributed by atoms with van der Waals surface area (Å²) in [4.78, 5) is 16.0. The first-order chi connectivity index (χ1) is 7.94. The van der Waals surface area contributed by atoms with E-state index in [4.69, 9.17) is 5.53 Å². The molecule has 1 amide bonds. The Morgan fingerprint density at radius 3 is 2.82 bits per heavy atom. The second kappa shape index (κ2) is 5.58. The van der Waals surface area contributed by atoms with Crippen molar-refractivity contribution in [1.82, 2.24) is 4.90 Å². The van der Waals surface area contributed by atoms with E-state index in [9.17, 15) is 4.79 Å². The van der Waals surface area contributed by atoms with Crippen LogP contribution in [0.25, 0.3) is 10.4 Å². The molecule has 17 heavy (non-hydrogen) atoms. The predicted molar refractivity (Wildman–Crippen MR) is 64.8 cm³/mol. The number of rotatable bonds is 3. The normalized spacial score (nSPS) is 19.6. The zero-order valence-electron chi connectivity index (χ0n) is 10.6. The lowest BCUT2D eigenvalue weighted by molar-refractivity contribution is -0.862. The average Bonchev–Trinajstić information content (AvgIpc) is 2.55. The molecule has 0 spiro atoms. The molecule has 1 aliphatic heterocycles. The maximum absolute atomic E-state index is 11.7. The van der Waals surface area contributed by atoms with E-state index in [1.165, 1.54) is 0 Å². The number of likely N-dealkylation sites (tertiary alicyclic amines) is 1. The Morgan fingerprint density at radius 1 is 1.53 bits per heavy atom. The lowest BCUT2D eigenvalue weighted by atomic mass is 10.3. The van der Waals surface area contributed by atoms with Gasteiger partial charge in [0.25, 0.3) is 0 Å². The molecule has 1 heterocycles. The maximum Gasteiger partial charge on any atom is 0.232 e. The van der Waals surface area contributed by atoms with Crippen LogP contribution in [0.5, 0.6) is 0 Å². The summed E-state index contributed by atoms with van der Waals surface area (Å²) in [6.07, 6.45) is 0.597. The van der Waals surface area contributed by atoms with Crippen LogP contribution in [0.2, 0.25) is 0 Å². The van der Waals surface area contributed by atoms with E-state index in [1.54, 1.807) is 4.90 Å². The van der Waals surface area contributed by atoms with Gasteiger partial charge >= 0.3 is 0 Å². The lowest BCUT2D eigenvalue weighted by Crippen LogP contribution is -2.34. The zero-order valence-corrected chi connectivity index (χ0v) is 10.6. The van der Waals surface area contributed by atoms with Gasteiger partial charge in [-0.25, -0.2) is 0 Å². The summed E-state index contributed by atoms with van der Waals surface area (Å²) in [6, 6.07) is -0.528. The molecule has 0 aromatic carbocycles. The number of azide groups is 1. The van der Waals surface area contributed by atoms with Gasteiger partial charge in [0.1, 0.15) is 12.6 Å². The van der Waals surface area contributed by atoms with E-state index in [1.807, 2.05) is 0 Å². The summed E-state index contributed by atoms with van der Waals surface area (Å²) >= 11 is 0. The van der Waals surface area contributed by atoms with Crippen LogP contribution in [0.15, 0.2) is 5.11 Å². The van der Waals surface area contributed by atoms with E-state index < -0.39 is 6.04 Å². The van der Waals surface area contributed by atoms with Gasteiger partial charge in [-0.05, 0) is 17.9 Å². The number of quaternary nitrogens is 1. The van der Waals surface area contributed by atoms with Crippen molar-refractivity contribution in [1.29, 1.82) is 0 Å². The van der Waals surface area contributed by atoms with Crippen LogP contribution in [-0.4, -0.2) is 62.1 Å². The van der Waals surface area contributed by atoms with Crippen LogP contribution in [0.1, 0.15) is 6.42 Å². The van der Waals surface area contributed by atoms with Crippen LogP contribution < -0.4 is 0 Å². The predicted octanol–water partition coefficient (Wildman–Crippen LogP) is 0.607. The highest BCUT2D eigenvalue weighted by Gasteiger charge is 2.29. The third-order valence-corrected chi connectivity index (χ3v) is 2.41. The summed E-state index contributed by atoms with van der Waals surface area (Å²) < 4.78 is 0.780. The number of hydrogen-bond donors (Lipinski definition) is 0. The van der Waals surface area contributed by atoms with Gasteiger partial charge in [-0.3, -0.25) is 4.79 Å². The zero-order chi connectivity index (χ0) is 12.9. The Bertz CT molecular complexity index is 394. The lowest BCUT2D eigenvalue weighted by Gasteiger charge is -2.20. The van der Waals surface area contributed by atoms with Crippen molar-refractivity contribution in [3.05, 3.63) is 10.4 Å². The topological polar surface area (TPSA) is 69.1 Å². The van der Waals surface area contributed by atoms with Crippen molar-refractivity contribution in [2.24, 2.45) is 5.11 Å². The van der Waals surface area contributed by atoms with Gasteiger partial charge in [0.05, 0.1) is 27.7 Å². The molecule has 6 heteroatoms. The SMILES string of the molecule is C[N+](C)(C)CC#CCN1CC[C@@H](N=[N+]=[N-])C1=O. The highest BCUT2D eigenvalue weighted by atomic mass is 16.2. The third-order valence-electron chi connectivity index (χ3n) is 2.41. The van der Waals surface area contributed by atoms with Crippen LogP contribution >= 0.6 is 0 Å². The Balaban J connectivity index is 2.44. The Kier molecular flexibility index (Phi) is 4.38. The summed E-state index contributed by atoms with van der Waals surface area (Å²) in [5.41, 5.74) is 8.29. The van der Waals surface area contributed by atoms with Gasteiger partial charge in [-0.2, -0.15) is 0 Å². The van der Waals surface area contributed by atoms with Gasteiger partial charge in [0.2, 0.25) is 5.91 Å². The first kappa shape index (κ1) is 13.4. The molecule has 0 aromatic heterocycles. The van der Waals surface area contributed by atoms with Gasteiger partial charge in [0.15, 0.2) is 0 Å². The molecule has 6 nitrogen and oxygen atoms in total. The van der Waals surface area contributed by atoms with Crippen LogP contribution in [0, 0.1) is 11.8 Å². The molecule has 92 valence electrons. The van der Waals surface area contributed by atoms with Gasteiger partial charge in [0, 0.05) is 11.5 Å². The standard InChI is InChI=1S/C11H18N5O/c1-16(2,3)9-5-4-7-15-8-6-10(11(15)17)13-14-12/h10H,6-9H2,1-3H3/q+1/t10-/m1/s1. The third kappa shape index (κ3) is 4.35. The fourth-order valence-corrected chi connectivity index (χ4v) is 1.49. The first-order valence-corrected chi connectivity index (χ1v) is 5.53. The second-order valence-corrected chi connectivity index (χ2v) is 5.07. The van der Waals surface area contributed by atoms with Crippen molar-refractivity contribution in [3.63, 3.8) is 0 Å². The maximum atomic E-state index is 11.7. The molecule has 0 aromatic rings. The first-order valence-electron chi connectivity index (χ1n) is 5.53. The molecular formula is C11H18N5O+. The number of carbonyl (C=O) groups excluding carboxylic acids is 1. The van der Waals surface area contributed by atoms with Crippen LogP contribution in [-0.2, 0) is 4.79 Å². The fourth-order valence-electron chi connectivity index (χ4n) is 1.49. The van der Waals surface area contributed by atoms with Gasteiger partial charge in [-0.15, -0.1) is 0 Å². The number of nitrogens with zero attached hydrogens (tertiary/aromatic N) is 5. The smallest absolute Gasteiger partial charge is 0.232 e. The Labute approximate surface area is 101 Å². The molecule has 0 saturated carbocycles. The van der Waals surface area contributed by atoms with Crippen LogP contribution in [0.4, 0.5) is 0 Å². The number of amides is 1. The minimum absolute atomic E-state index is 0.109. The average molecular weight is 236 g/mol. The quantitative estimate of drug-likeness (QED) is 0.233. The van der Waals surface area contributed by atoms with Gasteiger partial charge < -0.3 is 9.38 Å². The van der Waals surface area contributed by atoms with E-state index in [0.717, 1.165) is 11.0 Å². The highest BCUT2D eigenvalue weighted by molar-refractivity contribution is 5.84. The van der Waals surface area contributed by atoms with Crippen molar-refractivity contribution < 1.29 is 9.28 Å². The molecule has 0 N–H and O–H groups in total. The molecule has 0 unspecified atom stereocenters. The summed E-state index contributed by atoms with van der Waals surface area (Å²) in [6.45, 7) is 1.81. The molecule has 1 aliphatic rings. The minimum atomic E-state index is -0.528. The van der Waals surface area contributed by atoms with Gasteiger partial charge in [-0.1, -0.05) is 11.0 Å². The number of carbonyl (C=O) groups is 1. The molecule has 0 radical (unpaired) electrons. The van der Waals surface area contributed by atoms with E-state index in [0.29, 0.717) is 19.5 Å². The van der Waals surface area contributed by atoms with E-state index >= 15 is 0 Å². The number of hydrogen-bond acceptors (Lipinski definition) is 2. The van der Waals surface area contributed by atoms with E-state index in [2.05, 4.69) is 43.0 Å². The molecule has 1 rings (SSSR count). The minimum Gasteiger partial charge on any atom is -0.331 e. The largest absolute Gasteiger partial charge is 0.331 e. The molecule has 1 atom stereocenters. The monoisotopic (exact) mass is 236 g/mol. The molecule has 0 aliphatic carbocycles. The molecule has 1 fully saturated rings. The van der Waals surface area contributed by atoms with Crippen molar-refractivity contribution >= 4 is 5.91 Å². The van der Waals surface area contributed by atoms with E-state index in [-0.39, 0.29) is 5.91 Å².